The first kappa shape index (κ1) is 13.0. The quantitative estimate of drug-likeness (QED) is 0.851. The van der Waals surface area contributed by atoms with E-state index in [-0.39, 0.29) is 5.91 Å². The smallest absolute Gasteiger partial charge is 0.249 e. The minimum atomic E-state index is -0.182. The number of carbonyl (C=O) groups is 1. The monoisotopic (exact) mass is 252 g/mol. The summed E-state index contributed by atoms with van der Waals surface area (Å²) in [5, 5.41) is 2.73. The van der Waals surface area contributed by atoms with E-state index in [9.17, 15) is 4.79 Å². The number of aryl methyl sites for hydroxylation is 2. The molecule has 0 aliphatic rings. The number of anilines is 1. The van der Waals surface area contributed by atoms with Crippen LogP contribution in [0.3, 0.4) is 0 Å². The highest BCUT2D eigenvalue weighted by molar-refractivity contribution is 6.01. The van der Waals surface area contributed by atoms with E-state index in [1.165, 1.54) is 11.6 Å². The molecule has 1 aromatic heterocycles. The number of amides is 1. The second-order valence-electron chi connectivity index (χ2n) is 4.40. The highest BCUT2D eigenvalue weighted by Crippen LogP contribution is 2.06. The van der Waals surface area contributed by atoms with E-state index < -0.39 is 0 Å². The number of benzene rings is 1. The Labute approximate surface area is 113 Å². The number of nitrogens with zero attached hydrogens (tertiary/aromatic N) is 1. The third-order valence-electron chi connectivity index (χ3n) is 2.64. The maximum Gasteiger partial charge on any atom is 0.249 e. The standard InChI is InChI=1S/C16H16N2O/c1-12-6-8-14(9-7-12)10-11-16(19)18-15-5-3-4-13(2)17-15/h3-11H,1-2H3,(H,17,18,19). The highest BCUT2D eigenvalue weighted by atomic mass is 16.1. The summed E-state index contributed by atoms with van der Waals surface area (Å²) in [6.07, 6.45) is 3.29. The average Bonchev–Trinajstić information content (AvgIpc) is 2.38. The summed E-state index contributed by atoms with van der Waals surface area (Å²) in [6, 6.07) is 13.5. The number of carbonyl (C=O) groups excluding carboxylic acids is 1. The fourth-order valence-corrected chi connectivity index (χ4v) is 1.63. The SMILES string of the molecule is Cc1ccc(C=CC(=O)Nc2cccc(C)n2)cc1. The average molecular weight is 252 g/mol. The molecule has 19 heavy (non-hydrogen) atoms. The molecule has 0 bridgehead atoms. The molecule has 1 aromatic carbocycles. The Balaban J connectivity index is 1.99. The number of nitrogens with one attached hydrogen (secondary N) is 1. The second kappa shape index (κ2) is 5.96. The Hall–Kier alpha value is -2.42. The lowest BCUT2D eigenvalue weighted by molar-refractivity contribution is -0.111. The van der Waals surface area contributed by atoms with E-state index in [0.29, 0.717) is 5.82 Å². The summed E-state index contributed by atoms with van der Waals surface area (Å²) in [5.74, 6) is 0.386. The van der Waals surface area contributed by atoms with Gasteiger partial charge < -0.3 is 5.32 Å². The molecule has 0 spiro atoms. The van der Waals surface area contributed by atoms with Crippen LogP contribution in [-0.4, -0.2) is 10.9 Å². The fourth-order valence-electron chi connectivity index (χ4n) is 1.63. The van der Waals surface area contributed by atoms with Crippen molar-refractivity contribution in [2.24, 2.45) is 0 Å². The second-order valence-corrected chi connectivity index (χ2v) is 4.40. The van der Waals surface area contributed by atoms with Gasteiger partial charge in [-0.25, -0.2) is 4.98 Å². The van der Waals surface area contributed by atoms with Crippen LogP contribution >= 0.6 is 0 Å². The van der Waals surface area contributed by atoms with Crippen molar-refractivity contribution in [3.63, 3.8) is 0 Å². The molecule has 0 saturated carbocycles. The predicted molar refractivity (Wildman–Crippen MR) is 77.8 cm³/mol. The van der Waals surface area contributed by atoms with Gasteiger partial charge in [0.05, 0.1) is 0 Å². The third kappa shape index (κ3) is 4.07. The molecule has 0 fully saturated rings. The normalized spacial score (nSPS) is 10.6. The molecule has 0 atom stereocenters. The Morgan fingerprint density at radius 3 is 2.53 bits per heavy atom. The van der Waals surface area contributed by atoms with Crippen molar-refractivity contribution in [3.05, 3.63) is 65.4 Å². The molecule has 0 aliphatic heterocycles. The molecule has 2 rings (SSSR count). The van der Waals surface area contributed by atoms with E-state index in [1.807, 2.05) is 50.2 Å². The van der Waals surface area contributed by atoms with E-state index in [0.717, 1.165) is 11.3 Å². The van der Waals surface area contributed by atoms with E-state index in [2.05, 4.69) is 10.3 Å². The first-order valence-electron chi connectivity index (χ1n) is 6.13. The van der Waals surface area contributed by atoms with E-state index in [4.69, 9.17) is 0 Å². The molecule has 0 radical (unpaired) electrons. The Morgan fingerprint density at radius 2 is 1.84 bits per heavy atom. The molecule has 0 aliphatic carbocycles. The van der Waals surface area contributed by atoms with Crippen LogP contribution < -0.4 is 5.32 Å². The Kier molecular flexibility index (Phi) is 4.08. The summed E-state index contributed by atoms with van der Waals surface area (Å²) in [7, 11) is 0. The van der Waals surface area contributed by atoms with Crippen molar-refractivity contribution in [3.8, 4) is 0 Å². The predicted octanol–water partition coefficient (Wildman–Crippen LogP) is 3.35. The van der Waals surface area contributed by atoms with Crippen molar-refractivity contribution < 1.29 is 4.79 Å². The van der Waals surface area contributed by atoms with Gasteiger partial charge in [-0.3, -0.25) is 4.79 Å². The Bertz CT molecular complexity index is 600. The van der Waals surface area contributed by atoms with Crippen molar-refractivity contribution in [1.29, 1.82) is 0 Å². The van der Waals surface area contributed by atoms with Crippen molar-refractivity contribution >= 4 is 17.8 Å². The van der Waals surface area contributed by atoms with Gasteiger partial charge in [-0.15, -0.1) is 0 Å². The number of hydrogen-bond donors (Lipinski definition) is 1. The van der Waals surface area contributed by atoms with Crippen molar-refractivity contribution in [2.45, 2.75) is 13.8 Å². The number of aromatic nitrogens is 1. The minimum Gasteiger partial charge on any atom is -0.307 e. The van der Waals surface area contributed by atoms with Gasteiger partial charge in [0.2, 0.25) is 5.91 Å². The van der Waals surface area contributed by atoms with Crippen LogP contribution in [0.15, 0.2) is 48.5 Å². The van der Waals surface area contributed by atoms with Crippen LogP contribution in [0.4, 0.5) is 5.82 Å². The maximum atomic E-state index is 11.7. The van der Waals surface area contributed by atoms with Crippen molar-refractivity contribution in [2.75, 3.05) is 5.32 Å². The number of hydrogen-bond acceptors (Lipinski definition) is 2. The molecule has 3 nitrogen and oxygen atoms in total. The number of pyridine rings is 1. The van der Waals surface area contributed by atoms with Crippen LogP contribution in [0.5, 0.6) is 0 Å². The lowest BCUT2D eigenvalue weighted by atomic mass is 10.1. The molecule has 2 aromatic rings. The molecule has 1 amide bonds. The maximum absolute atomic E-state index is 11.7. The molecular formula is C16H16N2O. The Morgan fingerprint density at radius 1 is 1.11 bits per heavy atom. The van der Waals surface area contributed by atoms with E-state index >= 15 is 0 Å². The summed E-state index contributed by atoms with van der Waals surface area (Å²) < 4.78 is 0. The van der Waals surface area contributed by atoms with E-state index in [1.54, 1.807) is 12.1 Å². The number of rotatable bonds is 3. The van der Waals surface area contributed by atoms with Crippen LogP contribution in [0.2, 0.25) is 0 Å². The topological polar surface area (TPSA) is 42.0 Å². The van der Waals surface area contributed by atoms with Gasteiger partial charge in [-0.2, -0.15) is 0 Å². The first-order chi connectivity index (χ1) is 9.13. The summed E-state index contributed by atoms with van der Waals surface area (Å²) >= 11 is 0. The van der Waals surface area contributed by atoms with Crippen molar-refractivity contribution in [1.82, 2.24) is 4.98 Å². The lowest BCUT2D eigenvalue weighted by Crippen LogP contribution is -2.09. The molecule has 0 saturated heterocycles. The summed E-state index contributed by atoms with van der Waals surface area (Å²) in [6.45, 7) is 3.92. The zero-order valence-electron chi connectivity index (χ0n) is 11.1. The lowest BCUT2D eigenvalue weighted by Gasteiger charge is -2.01. The van der Waals surface area contributed by atoms with Gasteiger partial charge in [0.15, 0.2) is 0 Å². The van der Waals surface area contributed by atoms with Crippen LogP contribution in [0.25, 0.3) is 6.08 Å². The zero-order chi connectivity index (χ0) is 13.7. The molecule has 96 valence electrons. The minimum absolute atomic E-state index is 0.182. The van der Waals surface area contributed by atoms with Gasteiger partial charge in [-0.05, 0) is 37.6 Å². The van der Waals surface area contributed by atoms with Gasteiger partial charge in [-0.1, -0.05) is 35.9 Å². The molecule has 1 heterocycles. The fraction of sp³-hybridized carbons (Fsp3) is 0.125. The third-order valence-corrected chi connectivity index (χ3v) is 2.64. The van der Waals surface area contributed by atoms with Crippen LogP contribution in [0.1, 0.15) is 16.8 Å². The molecule has 3 heteroatoms. The summed E-state index contributed by atoms with van der Waals surface area (Å²) in [4.78, 5) is 15.9. The van der Waals surface area contributed by atoms with Gasteiger partial charge in [0.1, 0.15) is 5.82 Å². The molecule has 0 unspecified atom stereocenters. The summed E-state index contributed by atoms with van der Waals surface area (Å²) in [5.41, 5.74) is 3.07. The highest BCUT2D eigenvalue weighted by Gasteiger charge is 1.98. The van der Waals surface area contributed by atoms with Gasteiger partial charge in [0.25, 0.3) is 0 Å². The zero-order valence-corrected chi connectivity index (χ0v) is 11.1. The van der Waals surface area contributed by atoms with Crippen LogP contribution in [-0.2, 0) is 4.79 Å². The molecule has 1 N–H and O–H groups in total. The molecular weight excluding hydrogens is 236 g/mol. The van der Waals surface area contributed by atoms with Gasteiger partial charge >= 0.3 is 0 Å². The van der Waals surface area contributed by atoms with Crippen LogP contribution in [0, 0.1) is 13.8 Å². The van der Waals surface area contributed by atoms with Gasteiger partial charge in [0, 0.05) is 11.8 Å². The largest absolute Gasteiger partial charge is 0.307 e. The first-order valence-corrected chi connectivity index (χ1v) is 6.13.